The predicted molar refractivity (Wildman–Crippen MR) is 207 cm³/mol. The van der Waals surface area contributed by atoms with E-state index in [0.717, 1.165) is 89.9 Å². The first kappa shape index (κ1) is 46.9. The van der Waals surface area contributed by atoms with Crippen molar-refractivity contribution in [1.82, 2.24) is 5.32 Å². The van der Waals surface area contributed by atoms with E-state index in [9.17, 15) is 30.3 Å². The Labute approximate surface area is 309 Å². The maximum absolute atomic E-state index is 12.9. The van der Waals surface area contributed by atoms with Gasteiger partial charge in [0.2, 0.25) is 5.91 Å². The zero-order chi connectivity index (χ0) is 37.4. The number of allylic oxidation sites excluding steroid dienone is 10. The highest BCUT2D eigenvalue weighted by atomic mass is 16.7. The maximum Gasteiger partial charge on any atom is 0.220 e. The number of amides is 1. The van der Waals surface area contributed by atoms with E-state index in [2.05, 4.69) is 79.9 Å². The third-order valence-corrected chi connectivity index (χ3v) is 9.14. The zero-order valence-corrected chi connectivity index (χ0v) is 31.8. The molecule has 7 unspecified atom stereocenters. The third kappa shape index (κ3) is 24.0. The van der Waals surface area contributed by atoms with Crippen LogP contribution < -0.4 is 5.32 Å². The standard InChI is InChI=1S/C42H73NO8/c1-3-5-7-9-11-12-13-14-15-16-17-18-19-20-21-22-23-24-26-28-30-32-38(46)43-35(36(45)31-29-27-25-10-8-6-4-2)34-50-42-41(49)40(48)39(47)37(33-44)51-42/h5,7,11-12,14-15,17-18,20-21,35-37,39-42,44-45,47-49H,3-4,6,8-10,13,16,19,22-34H2,1-2H3,(H,43,46)/b7-5-,12-11-,15-14-,18-17-,21-20-. The SMILES string of the molecule is CC/C=C\C/C=C\C/C=C\C/C=C\C/C=C\CCCCCCCC(=O)NC(COC1OC(CO)C(O)C(O)C1O)C(O)CCCCCCCCC. The predicted octanol–water partition coefficient (Wildman–Crippen LogP) is 7.27. The molecule has 0 aromatic heterocycles. The summed E-state index contributed by atoms with van der Waals surface area (Å²) in [6, 6.07) is -0.728. The van der Waals surface area contributed by atoms with Crippen molar-refractivity contribution in [2.45, 2.75) is 185 Å². The smallest absolute Gasteiger partial charge is 0.220 e. The van der Waals surface area contributed by atoms with E-state index in [0.29, 0.717) is 12.8 Å². The summed E-state index contributed by atoms with van der Waals surface area (Å²) < 4.78 is 11.2. The normalized spacial score (nSPS) is 22.7. The molecule has 1 fully saturated rings. The molecule has 9 nitrogen and oxygen atoms in total. The zero-order valence-electron chi connectivity index (χ0n) is 31.8. The first-order valence-corrected chi connectivity index (χ1v) is 20.0. The van der Waals surface area contributed by atoms with Crippen molar-refractivity contribution in [2.24, 2.45) is 0 Å². The summed E-state index contributed by atoms with van der Waals surface area (Å²) >= 11 is 0. The number of rotatable bonds is 31. The molecule has 1 saturated heterocycles. The van der Waals surface area contributed by atoms with Gasteiger partial charge in [-0.25, -0.2) is 0 Å². The molecule has 0 spiro atoms. The average molecular weight is 720 g/mol. The van der Waals surface area contributed by atoms with E-state index < -0.39 is 49.5 Å². The van der Waals surface area contributed by atoms with Gasteiger partial charge in [-0.15, -0.1) is 0 Å². The number of aliphatic hydroxyl groups is 5. The van der Waals surface area contributed by atoms with Gasteiger partial charge in [0, 0.05) is 6.42 Å². The Morgan fingerprint density at radius 1 is 0.686 bits per heavy atom. The molecule has 1 amide bonds. The van der Waals surface area contributed by atoms with Crippen LogP contribution in [0.3, 0.4) is 0 Å². The van der Waals surface area contributed by atoms with E-state index >= 15 is 0 Å². The van der Waals surface area contributed by atoms with Crippen LogP contribution >= 0.6 is 0 Å². The van der Waals surface area contributed by atoms with Gasteiger partial charge in [0.05, 0.1) is 25.4 Å². The largest absolute Gasteiger partial charge is 0.394 e. The highest BCUT2D eigenvalue weighted by Crippen LogP contribution is 2.23. The first-order valence-electron chi connectivity index (χ1n) is 20.0. The van der Waals surface area contributed by atoms with Crippen molar-refractivity contribution < 1.29 is 39.8 Å². The molecule has 1 heterocycles. The van der Waals surface area contributed by atoms with Gasteiger partial charge in [0.1, 0.15) is 24.4 Å². The lowest BCUT2D eigenvalue weighted by molar-refractivity contribution is -0.302. The molecule has 1 rings (SSSR count). The van der Waals surface area contributed by atoms with Gasteiger partial charge < -0.3 is 40.3 Å². The molecule has 0 aliphatic carbocycles. The van der Waals surface area contributed by atoms with Gasteiger partial charge in [-0.2, -0.15) is 0 Å². The van der Waals surface area contributed by atoms with Crippen LogP contribution in [0.4, 0.5) is 0 Å². The lowest BCUT2D eigenvalue weighted by Gasteiger charge is -2.40. The summed E-state index contributed by atoms with van der Waals surface area (Å²) in [5.74, 6) is -0.171. The van der Waals surface area contributed by atoms with Crippen molar-refractivity contribution in [1.29, 1.82) is 0 Å². The highest BCUT2D eigenvalue weighted by Gasteiger charge is 2.44. The fourth-order valence-electron chi connectivity index (χ4n) is 5.89. The van der Waals surface area contributed by atoms with Crippen LogP contribution in [0.5, 0.6) is 0 Å². The summed E-state index contributed by atoms with van der Waals surface area (Å²) in [6.45, 7) is 3.62. The number of ether oxygens (including phenoxy) is 2. The first-order chi connectivity index (χ1) is 24.8. The second kappa shape index (κ2) is 32.5. The monoisotopic (exact) mass is 720 g/mol. The van der Waals surface area contributed by atoms with Crippen LogP contribution in [0.1, 0.15) is 142 Å². The molecular formula is C42H73NO8. The molecule has 0 aromatic carbocycles. The summed E-state index contributed by atoms with van der Waals surface area (Å²) in [5, 5.41) is 53.9. The fourth-order valence-corrected chi connectivity index (χ4v) is 5.89. The summed E-state index contributed by atoms with van der Waals surface area (Å²) in [6.07, 6.45) is 33.9. The van der Waals surface area contributed by atoms with Crippen molar-refractivity contribution in [2.75, 3.05) is 13.2 Å². The molecule has 0 bridgehead atoms. The minimum absolute atomic E-state index is 0.151. The maximum atomic E-state index is 12.9. The van der Waals surface area contributed by atoms with Gasteiger partial charge >= 0.3 is 0 Å². The van der Waals surface area contributed by atoms with E-state index in [4.69, 9.17) is 9.47 Å². The second-order valence-corrected chi connectivity index (χ2v) is 13.7. The number of hydrogen-bond acceptors (Lipinski definition) is 8. The summed E-state index contributed by atoms with van der Waals surface area (Å²) in [7, 11) is 0. The fraction of sp³-hybridized carbons (Fsp3) is 0.738. The van der Waals surface area contributed by atoms with Crippen LogP contribution in [0, 0.1) is 0 Å². The van der Waals surface area contributed by atoms with Gasteiger partial charge in [-0.1, -0.05) is 139 Å². The van der Waals surface area contributed by atoms with Crippen LogP contribution in [-0.2, 0) is 14.3 Å². The lowest BCUT2D eigenvalue weighted by atomic mass is 9.99. The topological polar surface area (TPSA) is 149 Å². The van der Waals surface area contributed by atoms with Gasteiger partial charge in [-0.05, 0) is 57.8 Å². The van der Waals surface area contributed by atoms with Gasteiger partial charge in [0.15, 0.2) is 6.29 Å². The summed E-state index contributed by atoms with van der Waals surface area (Å²) in [4.78, 5) is 12.9. The molecule has 51 heavy (non-hydrogen) atoms. The Morgan fingerprint density at radius 2 is 1.22 bits per heavy atom. The molecule has 294 valence electrons. The van der Waals surface area contributed by atoms with E-state index in [1.807, 2.05) is 0 Å². The third-order valence-electron chi connectivity index (χ3n) is 9.14. The molecule has 0 aromatic rings. The van der Waals surface area contributed by atoms with Gasteiger partial charge in [-0.3, -0.25) is 4.79 Å². The van der Waals surface area contributed by atoms with Crippen LogP contribution in [0.15, 0.2) is 60.8 Å². The van der Waals surface area contributed by atoms with Crippen LogP contribution in [0.25, 0.3) is 0 Å². The van der Waals surface area contributed by atoms with E-state index in [1.165, 1.54) is 25.7 Å². The Balaban J connectivity index is 2.32. The molecule has 6 N–H and O–H groups in total. The highest BCUT2D eigenvalue weighted by molar-refractivity contribution is 5.76. The Kier molecular flexibility index (Phi) is 29.9. The summed E-state index contributed by atoms with van der Waals surface area (Å²) in [5.41, 5.74) is 0. The van der Waals surface area contributed by atoms with Crippen LogP contribution in [0.2, 0.25) is 0 Å². The number of hydrogen-bond donors (Lipinski definition) is 6. The molecular weight excluding hydrogens is 646 g/mol. The number of aliphatic hydroxyl groups excluding tert-OH is 5. The number of unbranched alkanes of at least 4 members (excludes halogenated alkanes) is 11. The van der Waals surface area contributed by atoms with Crippen molar-refractivity contribution in [3.8, 4) is 0 Å². The quantitative estimate of drug-likeness (QED) is 0.0324. The average Bonchev–Trinajstić information content (AvgIpc) is 3.13. The van der Waals surface area contributed by atoms with E-state index in [-0.39, 0.29) is 12.5 Å². The minimum Gasteiger partial charge on any atom is -0.394 e. The number of nitrogens with one attached hydrogen (secondary N) is 1. The number of carbonyl (C=O) groups is 1. The molecule has 1 aliphatic heterocycles. The molecule has 7 atom stereocenters. The molecule has 9 heteroatoms. The lowest BCUT2D eigenvalue weighted by Crippen LogP contribution is -2.60. The Bertz CT molecular complexity index is 978. The molecule has 1 aliphatic rings. The number of carbonyl (C=O) groups excluding carboxylic acids is 1. The van der Waals surface area contributed by atoms with Crippen LogP contribution in [-0.4, -0.2) is 87.5 Å². The second-order valence-electron chi connectivity index (χ2n) is 13.7. The van der Waals surface area contributed by atoms with E-state index in [1.54, 1.807) is 0 Å². The van der Waals surface area contributed by atoms with Crippen molar-refractivity contribution >= 4 is 5.91 Å². The van der Waals surface area contributed by atoms with Crippen molar-refractivity contribution in [3.05, 3.63) is 60.8 Å². The van der Waals surface area contributed by atoms with Crippen molar-refractivity contribution in [3.63, 3.8) is 0 Å². The molecule has 0 radical (unpaired) electrons. The molecule has 0 saturated carbocycles. The Hall–Kier alpha value is -2.11. The minimum atomic E-state index is -1.56. The Morgan fingerprint density at radius 3 is 1.80 bits per heavy atom. The van der Waals surface area contributed by atoms with Gasteiger partial charge in [0.25, 0.3) is 0 Å².